The highest BCUT2D eigenvalue weighted by molar-refractivity contribution is 5.94. The molecule has 2 aliphatic rings. The van der Waals surface area contributed by atoms with Crippen LogP contribution in [0.2, 0.25) is 0 Å². The monoisotopic (exact) mass is 411 g/mol. The van der Waals surface area contributed by atoms with E-state index in [1.165, 1.54) is 19.3 Å². The van der Waals surface area contributed by atoms with Crippen LogP contribution in [0, 0.1) is 12.8 Å². The Hall–Kier alpha value is -1.63. The van der Waals surface area contributed by atoms with Crippen LogP contribution in [0.4, 0.5) is 5.69 Å². The molecule has 2 N–H and O–H groups in total. The van der Waals surface area contributed by atoms with Crippen molar-refractivity contribution in [3.8, 4) is 11.4 Å². The van der Waals surface area contributed by atoms with Crippen LogP contribution in [0.3, 0.4) is 0 Å². The Morgan fingerprint density at radius 2 is 2.07 bits per heavy atom. The summed E-state index contributed by atoms with van der Waals surface area (Å²) in [5.41, 5.74) is 2.96. The minimum atomic E-state index is 0. The lowest BCUT2D eigenvalue weighted by molar-refractivity contribution is -0.119. The van der Waals surface area contributed by atoms with Crippen LogP contribution in [-0.2, 0) is 17.8 Å². The lowest BCUT2D eigenvalue weighted by atomic mass is 10.1. The number of amides is 1. The summed E-state index contributed by atoms with van der Waals surface area (Å²) in [4.78, 5) is 12.5. The summed E-state index contributed by atoms with van der Waals surface area (Å²) in [6.07, 6.45) is 5.50. The molecular formula is C19H27Cl2N5O. The topological polar surface area (TPSA) is 71.8 Å². The Morgan fingerprint density at radius 1 is 1.22 bits per heavy atom. The van der Waals surface area contributed by atoms with Crippen LogP contribution in [0.25, 0.3) is 11.4 Å². The molecular weight excluding hydrogens is 385 g/mol. The predicted molar refractivity (Wildman–Crippen MR) is 112 cm³/mol. The van der Waals surface area contributed by atoms with E-state index in [2.05, 4.69) is 37.5 Å². The highest BCUT2D eigenvalue weighted by atomic mass is 35.5. The van der Waals surface area contributed by atoms with Crippen LogP contribution in [-0.4, -0.2) is 33.8 Å². The number of nitrogens with zero attached hydrogens (tertiary/aromatic N) is 3. The van der Waals surface area contributed by atoms with Gasteiger partial charge in [-0.1, -0.05) is 18.6 Å². The van der Waals surface area contributed by atoms with Gasteiger partial charge in [0.25, 0.3) is 0 Å². The van der Waals surface area contributed by atoms with Gasteiger partial charge in [-0.25, -0.2) is 0 Å². The fourth-order valence-electron chi connectivity index (χ4n) is 3.71. The van der Waals surface area contributed by atoms with Gasteiger partial charge >= 0.3 is 0 Å². The molecule has 6 nitrogen and oxygen atoms in total. The fourth-order valence-corrected chi connectivity index (χ4v) is 3.71. The molecule has 0 radical (unpaired) electrons. The number of rotatable bonds is 3. The molecule has 0 bridgehead atoms. The minimum Gasteiger partial charge on any atom is -0.326 e. The second kappa shape index (κ2) is 9.53. The zero-order valence-corrected chi connectivity index (χ0v) is 17.2. The Morgan fingerprint density at radius 3 is 2.85 bits per heavy atom. The molecule has 1 unspecified atom stereocenters. The SMILES string of the molecule is Cc1ccc(-c2nnc3n2CCCCC3)cc1NC(=O)C1CCNC1.Cl.Cl. The van der Waals surface area contributed by atoms with Gasteiger partial charge < -0.3 is 15.2 Å². The number of fused-ring (bicyclic) bond motifs is 1. The average Bonchev–Trinajstić information content (AvgIpc) is 3.23. The number of aryl methyl sites for hydroxylation is 2. The van der Waals surface area contributed by atoms with Gasteiger partial charge in [-0.15, -0.1) is 35.0 Å². The Labute approximate surface area is 172 Å². The quantitative estimate of drug-likeness (QED) is 0.811. The zero-order valence-electron chi connectivity index (χ0n) is 15.5. The minimum absolute atomic E-state index is 0. The molecule has 1 atom stereocenters. The van der Waals surface area contributed by atoms with E-state index in [-0.39, 0.29) is 36.6 Å². The first-order valence-electron chi connectivity index (χ1n) is 9.27. The van der Waals surface area contributed by atoms with Gasteiger partial charge in [0, 0.05) is 30.8 Å². The first-order chi connectivity index (χ1) is 12.2. The van der Waals surface area contributed by atoms with Crippen LogP contribution >= 0.6 is 24.8 Å². The summed E-state index contributed by atoms with van der Waals surface area (Å²) in [7, 11) is 0. The summed E-state index contributed by atoms with van der Waals surface area (Å²) in [6, 6.07) is 6.16. The third kappa shape index (κ3) is 4.62. The summed E-state index contributed by atoms with van der Waals surface area (Å²) < 4.78 is 2.24. The van der Waals surface area contributed by atoms with Crippen LogP contribution in [0.5, 0.6) is 0 Å². The molecule has 1 amide bonds. The molecule has 4 rings (SSSR count). The first kappa shape index (κ1) is 21.7. The van der Waals surface area contributed by atoms with Crippen molar-refractivity contribution >= 4 is 36.4 Å². The zero-order chi connectivity index (χ0) is 17.2. The maximum atomic E-state index is 12.5. The van der Waals surface area contributed by atoms with Gasteiger partial charge in [-0.2, -0.15) is 0 Å². The van der Waals surface area contributed by atoms with E-state index in [1.54, 1.807) is 0 Å². The molecule has 2 aromatic rings. The first-order valence-corrected chi connectivity index (χ1v) is 9.27. The summed E-state index contributed by atoms with van der Waals surface area (Å²) in [5.74, 6) is 2.16. The van der Waals surface area contributed by atoms with Crippen molar-refractivity contribution in [1.29, 1.82) is 0 Å². The molecule has 8 heteroatoms. The van der Waals surface area contributed by atoms with E-state index in [0.717, 1.165) is 60.9 Å². The summed E-state index contributed by atoms with van der Waals surface area (Å²) >= 11 is 0. The van der Waals surface area contributed by atoms with Gasteiger partial charge in [0.15, 0.2) is 5.82 Å². The molecule has 1 aromatic heterocycles. The maximum Gasteiger partial charge on any atom is 0.228 e. The molecule has 0 aliphatic carbocycles. The number of hydrogen-bond acceptors (Lipinski definition) is 4. The van der Waals surface area contributed by atoms with E-state index in [9.17, 15) is 4.79 Å². The lowest BCUT2D eigenvalue weighted by Crippen LogP contribution is -2.25. The molecule has 1 fully saturated rings. The van der Waals surface area contributed by atoms with Gasteiger partial charge in [-0.3, -0.25) is 4.79 Å². The molecule has 3 heterocycles. The van der Waals surface area contributed by atoms with Gasteiger partial charge in [0.2, 0.25) is 5.91 Å². The smallest absolute Gasteiger partial charge is 0.228 e. The number of carbonyl (C=O) groups excluding carboxylic acids is 1. The van der Waals surface area contributed by atoms with Gasteiger partial charge in [0.1, 0.15) is 5.82 Å². The number of carbonyl (C=O) groups is 1. The highest BCUT2D eigenvalue weighted by Gasteiger charge is 2.23. The molecule has 0 saturated carbocycles. The Kier molecular flexibility index (Phi) is 7.65. The van der Waals surface area contributed by atoms with E-state index in [0.29, 0.717) is 0 Å². The van der Waals surface area contributed by atoms with Crippen molar-refractivity contribution in [2.75, 3.05) is 18.4 Å². The van der Waals surface area contributed by atoms with E-state index >= 15 is 0 Å². The molecule has 1 aromatic carbocycles. The van der Waals surface area contributed by atoms with Gasteiger partial charge in [0.05, 0.1) is 5.92 Å². The third-order valence-electron chi connectivity index (χ3n) is 5.29. The molecule has 0 spiro atoms. The van der Waals surface area contributed by atoms with Crippen molar-refractivity contribution in [3.05, 3.63) is 29.6 Å². The summed E-state index contributed by atoms with van der Waals surface area (Å²) in [6.45, 7) is 4.68. The Bertz CT molecular complexity index is 786. The Balaban J connectivity index is 0.00000131. The van der Waals surface area contributed by atoms with E-state index in [1.807, 2.05) is 13.0 Å². The second-order valence-corrected chi connectivity index (χ2v) is 7.11. The van der Waals surface area contributed by atoms with Crippen LogP contribution < -0.4 is 10.6 Å². The number of aromatic nitrogens is 3. The van der Waals surface area contributed by atoms with Crippen molar-refractivity contribution in [3.63, 3.8) is 0 Å². The van der Waals surface area contributed by atoms with Crippen molar-refractivity contribution < 1.29 is 4.79 Å². The lowest BCUT2D eigenvalue weighted by Gasteiger charge is -2.14. The molecule has 27 heavy (non-hydrogen) atoms. The number of anilines is 1. The fraction of sp³-hybridized carbons (Fsp3) is 0.526. The van der Waals surface area contributed by atoms with Crippen molar-refractivity contribution in [2.45, 2.75) is 45.6 Å². The second-order valence-electron chi connectivity index (χ2n) is 7.11. The van der Waals surface area contributed by atoms with Crippen LogP contribution in [0.1, 0.15) is 37.1 Å². The van der Waals surface area contributed by atoms with E-state index in [4.69, 9.17) is 0 Å². The highest BCUT2D eigenvalue weighted by Crippen LogP contribution is 2.27. The molecule has 1 saturated heterocycles. The molecule has 148 valence electrons. The molecule has 2 aliphatic heterocycles. The van der Waals surface area contributed by atoms with Crippen LogP contribution in [0.15, 0.2) is 18.2 Å². The third-order valence-corrected chi connectivity index (χ3v) is 5.29. The summed E-state index contributed by atoms with van der Waals surface area (Å²) in [5, 5.41) is 15.2. The predicted octanol–water partition coefficient (Wildman–Crippen LogP) is 3.37. The van der Waals surface area contributed by atoms with Crippen molar-refractivity contribution in [2.24, 2.45) is 5.92 Å². The number of hydrogen-bond donors (Lipinski definition) is 2. The largest absolute Gasteiger partial charge is 0.326 e. The standard InChI is InChI=1S/C19H25N5O.2ClH/c1-13-6-7-14(11-16(13)21-19(25)15-8-9-20-12-15)18-23-22-17-5-3-2-4-10-24(17)18;;/h6-7,11,15,20H,2-5,8-10,12H2,1H3,(H,21,25);2*1H. The van der Waals surface area contributed by atoms with Gasteiger partial charge in [-0.05, 0) is 44.4 Å². The normalized spacial score (nSPS) is 18.6. The van der Waals surface area contributed by atoms with Crippen molar-refractivity contribution in [1.82, 2.24) is 20.1 Å². The average molecular weight is 412 g/mol. The maximum absolute atomic E-state index is 12.5. The van der Waals surface area contributed by atoms with E-state index < -0.39 is 0 Å². The number of benzene rings is 1. The number of halogens is 2. The number of nitrogens with one attached hydrogen (secondary N) is 2.